The molecule has 0 saturated carbocycles. The molecule has 0 spiro atoms. The topological polar surface area (TPSA) is 137 Å². The van der Waals surface area contributed by atoms with Crippen LogP contribution in [0.5, 0.6) is 11.5 Å². The first-order chi connectivity index (χ1) is 14.5. The molecule has 11 heteroatoms. The highest BCUT2D eigenvalue weighted by Crippen LogP contribution is 2.22. The van der Waals surface area contributed by atoms with Crippen molar-refractivity contribution in [2.75, 3.05) is 32.3 Å². The van der Waals surface area contributed by atoms with Crippen LogP contribution < -0.4 is 20.1 Å². The van der Waals surface area contributed by atoms with Gasteiger partial charge in [-0.15, -0.1) is 0 Å². The molecule has 1 aliphatic rings. The zero-order valence-electron chi connectivity index (χ0n) is 18.0. The molecular weight excluding hydrogens is 428 g/mol. The van der Waals surface area contributed by atoms with Gasteiger partial charge in [-0.1, -0.05) is 13.8 Å². The summed E-state index contributed by atoms with van der Waals surface area (Å²) in [6.07, 6.45) is 0.330. The Balaban J connectivity index is 1.96. The summed E-state index contributed by atoms with van der Waals surface area (Å²) in [6.45, 7) is 2.88. The molecule has 1 aromatic carbocycles. The van der Waals surface area contributed by atoms with E-state index in [1.54, 1.807) is 19.9 Å². The minimum atomic E-state index is -3.13. The summed E-state index contributed by atoms with van der Waals surface area (Å²) >= 11 is 0. The lowest BCUT2D eigenvalue weighted by Crippen LogP contribution is -2.46. The molecule has 2 rings (SSSR count). The number of hydrogen-bond acceptors (Lipinski definition) is 8. The van der Waals surface area contributed by atoms with Gasteiger partial charge in [0.25, 0.3) is 11.8 Å². The van der Waals surface area contributed by atoms with Crippen LogP contribution in [0.2, 0.25) is 0 Å². The molecule has 31 heavy (non-hydrogen) atoms. The lowest BCUT2D eigenvalue weighted by atomic mass is 10.0. The second-order valence-electron chi connectivity index (χ2n) is 7.57. The lowest BCUT2D eigenvalue weighted by Gasteiger charge is -2.21. The molecule has 0 aromatic heterocycles. The number of hydrogen-bond donors (Lipinski definition) is 2. The third-order valence-electron chi connectivity index (χ3n) is 4.76. The molecule has 1 fully saturated rings. The van der Waals surface area contributed by atoms with E-state index in [0.29, 0.717) is 17.9 Å². The van der Waals surface area contributed by atoms with Crippen molar-refractivity contribution in [1.82, 2.24) is 10.6 Å². The number of rotatable bonds is 9. The maximum Gasteiger partial charge on any atom is 0.329 e. The molecule has 1 aromatic rings. The minimum Gasteiger partial charge on any atom is -0.497 e. The molecule has 1 aliphatic heterocycles. The number of nitrogens with one attached hydrogen (secondary N) is 2. The molecule has 10 nitrogen and oxygen atoms in total. The summed E-state index contributed by atoms with van der Waals surface area (Å²) in [5, 5.41) is 5.15. The highest BCUT2D eigenvalue weighted by molar-refractivity contribution is 7.91. The van der Waals surface area contributed by atoms with Gasteiger partial charge >= 0.3 is 5.97 Å². The molecule has 1 unspecified atom stereocenters. The van der Waals surface area contributed by atoms with E-state index in [9.17, 15) is 22.8 Å². The fraction of sp³-hybridized carbons (Fsp3) is 0.550. The molecule has 2 N–H and O–H groups in total. The number of benzene rings is 1. The largest absolute Gasteiger partial charge is 0.497 e. The van der Waals surface area contributed by atoms with Gasteiger partial charge in [-0.2, -0.15) is 0 Å². The Hall–Kier alpha value is -2.82. The molecule has 1 saturated heterocycles. The quantitative estimate of drug-likeness (QED) is 0.507. The van der Waals surface area contributed by atoms with Gasteiger partial charge in [0.2, 0.25) is 0 Å². The number of ether oxygens (including phenoxy) is 3. The van der Waals surface area contributed by atoms with Crippen LogP contribution in [-0.4, -0.2) is 70.6 Å². The van der Waals surface area contributed by atoms with E-state index in [2.05, 4.69) is 10.6 Å². The van der Waals surface area contributed by atoms with Crippen molar-refractivity contribution in [2.45, 2.75) is 32.4 Å². The fourth-order valence-corrected chi connectivity index (χ4v) is 4.74. The average molecular weight is 457 g/mol. The van der Waals surface area contributed by atoms with Crippen molar-refractivity contribution in [3.8, 4) is 11.5 Å². The van der Waals surface area contributed by atoms with Crippen molar-refractivity contribution in [3.05, 3.63) is 23.8 Å². The van der Waals surface area contributed by atoms with Crippen molar-refractivity contribution in [3.63, 3.8) is 0 Å². The highest BCUT2D eigenvalue weighted by atomic mass is 32.2. The van der Waals surface area contributed by atoms with E-state index < -0.39 is 46.3 Å². The standard InChI is InChI=1S/C20H28N2O8S/c1-12(2)18(22-19(24)13-7-15(28-3)9-16(8-13)29-4)20(25)30-10-17(23)21-14-5-6-31(26,27)11-14/h7-9,12,14,18H,5-6,10-11H2,1-4H3,(H,21,23)(H,22,24)/t14?,18-/m0/s1. The van der Waals surface area contributed by atoms with Crippen molar-refractivity contribution in [2.24, 2.45) is 5.92 Å². The van der Waals surface area contributed by atoms with Crippen LogP contribution >= 0.6 is 0 Å². The zero-order valence-corrected chi connectivity index (χ0v) is 18.8. The first-order valence-corrected chi connectivity index (χ1v) is 11.6. The molecule has 172 valence electrons. The number of sulfone groups is 1. The second-order valence-corrected chi connectivity index (χ2v) is 9.80. The highest BCUT2D eigenvalue weighted by Gasteiger charge is 2.30. The average Bonchev–Trinajstić information content (AvgIpc) is 3.07. The predicted molar refractivity (Wildman–Crippen MR) is 112 cm³/mol. The van der Waals surface area contributed by atoms with Crippen LogP contribution in [0, 0.1) is 5.92 Å². The van der Waals surface area contributed by atoms with Crippen molar-refractivity contribution in [1.29, 1.82) is 0 Å². The number of esters is 1. The Morgan fingerprint density at radius 3 is 2.19 bits per heavy atom. The van der Waals surface area contributed by atoms with Gasteiger partial charge in [0.05, 0.1) is 25.7 Å². The van der Waals surface area contributed by atoms with Gasteiger partial charge in [-0.05, 0) is 24.5 Å². The molecule has 2 atom stereocenters. The van der Waals surface area contributed by atoms with E-state index >= 15 is 0 Å². The van der Waals surface area contributed by atoms with Crippen molar-refractivity contribution >= 4 is 27.6 Å². The monoisotopic (exact) mass is 456 g/mol. The Morgan fingerprint density at radius 1 is 1.10 bits per heavy atom. The Bertz CT molecular complexity index is 907. The summed E-state index contributed by atoms with van der Waals surface area (Å²) in [5.41, 5.74) is 0.231. The van der Waals surface area contributed by atoms with Crippen LogP contribution in [0.15, 0.2) is 18.2 Å². The van der Waals surface area contributed by atoms with Crippen LogP contribution in [0.4, 0.5) is 0 Å². The summed E-state index contributed by atoms with van der Waals surface area (Å²) in [7, 11) is -0.225. The third-order valence-corrected chi connectivity index (χ3v) is 6.53. The Kier molecular flexibility index (Phi) is 8.26. The van der Waals surface area contributed by atoms with Crippen molar-refractivity contribution < 1.29 is 37.0 Å². The maximum atomic E-state index is 12.7. The normalized spacial score (nSPS) is 18.2. The van der Waals surface area contributed by atoms with E-state index in [1.807, 2.05) is 0 Å². The molecular formula is C20H28N2O8S. The smallest absolute Gasteiger partial charge is 0.329 e. The van der Waals surface area contributed by atoms with E-state index in [0.717, 1.165) is 0 Å². The molecule has 0 bridgehead atoms. The van der Waals surface area contributed by atoms with Crippen LogP contribution in [0.1, 0.15) is 30.6 Å². The van der Waals surface area contributed by atoms with Gasteiger partial charge in [0.15, 0.2) is 16.4 Å². The van der Waals surface area contributed by atoms with Gasteiger partial charge in [0.1, 0.15) is 17.5 Å². The summed E-state index contributed by atoms with van der Waals surface area (Å²) in [5.74, 6) is -1.48. The van der Waals surface area contributed by atoms with Crippen LogP contribution in [0.3, 0.4) is 0 Å². The van der Waals surface area contributed by atoms with Gasteiger partial charge < -0.3 is 24.8 Å². The molecule has 0 aliphatic carbocycles. The van der Waals surface area contributed by atoms with Gasteiger partial charge in [-0.25, -0.2) is 13.2 Å². The third kappa shape index (κ3) is 7.12. The van der Waals surface area contributed by atoms with Crippen LogP contribution in [0.25, 0.3) is 0 Å². The lowest BCUT2D eigenvalue weighted by molar-refractivity contribution is -0.151. The number of amides is 2. The van der Waals surface area contributed by atoms with Crippen LogP contribution in [-0.2, 0) is 24.2 Å². The van der Waals surface area contributed by atoms with Gasteiger partial charge in [0, 0.05) is 17.7 Å². The fourth-order valence-electron chi connectivity index (χ4n) is 3.07. The zero-order chi connectivity index (χ0) is 23.2. The Labute approximate surface area is 181 Å². The Morgan fingerprint density at radius 2 is 1.71 bits per heavy atom. The minimum absolute atomic E-state index is 0.0221. The number of carbonyl (C=O) groups is 3. The first-order valence-electron chi connectivity index (χ1n) is 9.75. The van der Waals surface area contributed by atoms with Gasteiger partial charge in [-0.3, -0.25) is 9.59 Å². The second kappa shape index (κ2) is 10.5. The molecule has 1 heterocycles. The summed E-state index contributed by atoms with van der Waals surface area (Å²) < 4.78 is 38.3. The first kappa shape index (κ1) is 24.4. The summed E-state index contributed by atoms with van der Waals surface area (Å²) in [4.78, 5) is 37.1. The maximum absolute atomic E-state index is 12.7. The van der Waals surface area contributed by atoms with E-state index in [1.165, 1.54) is 26.4 Å². The van der Waals surface area contributed by atoms with E-state index in [4.69, 9.17) is 14.2 Å². The predicted octanol–water partition coefficient (Wildman–Crippen LogP) is 0.305. The molecule has 2 amide bonds. The van der Waals surface area contributed by atoms with E-state index in [-0.39, 0.29) is 23.0 Å². The summed E-state index contributed by atoms with van der Waals surface area (Å²) in [6, 6.07) is 3.14. The SMILES string of the molecule is COc1cc(OC)cc(C(=O)N[C@H](C(=O)OCC(=O)NC2CCS(=O)(=O)C2)C(C)C)c1. The number of carbonyl (C=O) groups excluding carboxylic acids is 3. The number of methoxy groups -OCH3 is 2. The molecule has 0 radical (unpaired) electrons.